The molecule has 1 saturated heterocycles. The predicted molar refractivity (Wildman–Crippen MR) is 126 cm³/mol. The number of carboxylic acids is 1. The van der Waals surface area contributed by atoms with Crippen LogP contribution in [0.2, 0.25) is 0 Å². The van der Waals surface area contributed by atoms with Gasteiger partial charge in [-0.2, -0.15) is 0 Å². The Balaban J connectivity index is 1.21. The number of hydrogen-bond acceptors (Lipinski definition) is 4. The van der Waals surface area contributed by atoms with E-state index in [-0.39, 0.29) is 42.9 Å². The lowest BCUT2D eigenvalue weighted by atomic mass is 9.98. The first-order valence-corrected chi connectivity index (χ1v) is 12.2. The third-order valence-electron chi connectivity index (χ3n) is 7.55. The first-order valence-electron chi connectivity index (χ1n) is 12.2. The molecule has 5 rings (SSSR count). The maximum atomic E-state index is 13.2. The Morgan fingerprint density at radius 1 is 0.941 bits per heavy atom. The number of carboxylic acid groups (broad SMARTS) is 1. The summed E-state index contributed by atoms with van der Waals surface area (Å²) in [7, 11) is 0. The number of aliphatic carboxylic acids is 1. The standard InChI is InChI=1S/C27H30N2O5/c30-25(31)15-17-7-6-14-29(17)26(32)22-12-5-13-24(22)28-27(33)34-16-23-20-10-3-1-8-18(20)19-9-2-4-11-21(19)23/h1-4,8-11,17,22-24H,5-7,12-16H2,(H,28,33)(H,30,31)/t17-,22?,24?/m0/s1. The van der Waals surface area contributed by atoms with Crippen molar-refractivity contribution >= 4 is 18.0 Å². The molecule has 2 N–H and O–H groups in total. The first-order chi connectivity index (χ1) is 16.5. The molecule has 2 amide bonds. The fourth-order valence-electron chi connectivity index (χ4n) is 5.97. The second-order valence-electron chi connectivity index (χ2n) is 9.54. The fraction of sp³-hybridized carbons (Fsp3) is 0.444. The van der Waals surface area contributed by atoms with Crippen molar-refractivity contribution in [1.82, 2.24) is 10.2 Å². The summed E-state index contributed by atoms with van der Waals surface area (Å²) in [4.78, 5) is 38.9. The van der Waals surface area contributed by atoms with Gasteiger partial charge in [0.05, 0.1) is 12.3 Å². The largest absolute Gasteiger partial charge is 0.481 e. The molecule has 3 atom stereocenters. The molecular weight excluding hydrogens is 432 g/mol. The van der Waals surface area contributed by atoms with Crippen molar-refractivity contribution in [3.05, 3.63) is 59.7 Å². The van der Waals surface area contributed by atoms with Crippen LogP contribution < -0.4 is 5.32 Å². The molecule has 0 aromatic heterocycles. The summed E-state index contributed by atoms with van der Waals surface area (Å²) in [6, 6.07) is 15.9. The molecule has 1 saturated carbocycles. The van der Waals surface area contributed by atoms with Crippen LogP contribution in [-0.4, -0.2) is 53.2 Å². The van der Waals surface area contributed by atoms with Gasteiger partial charge in [-0.05, 0) is 47.9 Å². The highest BCUT2D eigenvalue weighted by atomic mass is 16.5. The molecule has 7 nitrogen and oxygen atoms in total. The third-order valence-corrected chi connectivity index (χ3v) is 7.55. The minimum atomic E-state index is -0.885. The summed E-state index contributed by atoms with van der Waals surface area (Å²) in [5.41, 5.74) is 4.66. The van der Waals surface area contributed by atoms with E-state index < -0.39 is 12.1 Å². The van der Waals surface area contributed by atoms with Gasteiger partial charge in [-0.15, -0.1) is 0 Å². The lowest BCUT2D eigenvalue weighted by molar-refractivity contribution is -0.141. The molecule has 2 aromatic carbocycles. The number of benzene rings is 2. The van der Waals surface area contributed by atoms with Gasteiger partial charge < -0.3 is 20.1 Å². The average Bonchev–Trinajstić information content (AvgIpc) is 3.55. The Hall–Kier alpha value is -3.35. The van der Waals surface area contributed by atoms with Crippen LogP contribution in [0.4, 0.5) is 4.79 Å². The van der Waals surface area contributed by atoms with E-state index in [1.165, 1.54) is 11.1 Å². The van der Waals surface area contributed by atoms with Crippen LogP contribution in [0.15, 0.2) is 48.5 Å². The van der Waals surface area contributed by atoms with Crippen molar-refractivity contribution in [2.45, 2.75) is 56.5 Å². The molecule has 1 aliphatic heterocycles. The minimum absolute atomic E-state index is 0.0134. The van der Waals surface area contributed by atoms with Gasteiger partial charge in [-0.3, -0.25) is 9.59 Å². The predicted octanol–water partition coefficient (Wildman–Crippen LogP) is 4.16. The molecule has 34 heavy (non-hydrogen) atoms. The van der Waals surface area contributed by atoms with Gasteiger partial charge in [0.25, 0.3) is 0 Å². The zero-order chi connectivity index (χ0) is 23.7. The van der Waals surface area contributed by atoms with Crippen LogP contribution in [0.1, 0.15) is 55.6 Å². The molecule has 2 unspecified atom stereocenters. The molecule has 2 fully saturated rings. The van der Waals surface area contributed by atoms with Crippen LogP contribution in [0.3, 0.4) is 0 Å². The highest BCUT2D eigenvalue weighted by Gasteiger charge is 2.40. The van der Waals surface area contributed by atoms with E-state index in [2.05, 4.69) is 29.6 Å². The lowest BCUT2D eigenvalue weighted by Crippen LogP contribution is -2.47. The van der Waals surface area contributed by atoms with E-state index in [1.807, 2.05) is 24.3 Å². The first kappa shape index (κ1) is 22.4. The van der Waals surface area contributed by atoms with Crippen molar-refractivity contribution in [2.75, 3.05) is 13.2 Å². The van der Waals surface area contributed by atoms with E-state index in [9.17, 15) is 14.4 Å². The van der Waals surface area contributed by atoms with Gasteiger partial charge in [0, 0.05) is 24.5 Å². The molecular formula is C27H30N2O5. The second kappa shape index (κ2) is 9.49. The number of fused-ring (bicyclic) bond motifs is 3. The van der Waals surface area contributed by atoms with Gasteiger partial charge in [-0.1, -0.05) is 55.0 Å². The molecule has 0 spiro atoms. The quantitative estimate of drug-likeness (QED) is 0.672. The number of carbonyl (C=O) groups excluding carboxylic acids is 2. The second-order valence-corrected chi connectivity index (χ2v) is 9.54. The van der Waals surface area contributed by atoms with Crippen molar-refractivity contribution in [3.8, 4) is 11.1 Å². The summed E-state index contributed by atoms with van der Waals surface area (Å²) in [5.74, 6) is -1.26. The van der Waals surface area contributed by atoms with Crippen LogP contribution in [0, 0.1) is 5.92 Å². The smallest absolute Gasteiger partial charge is 0.407 e. The molecule has 3 aliphatic rings. The normalized spacial score (nSPS) is 23.4. The summed E-state index contributed by atoms with van der Waals surface area (Å²) in [6.45, 7) is 0.822. The Bertz CT molecular complexity index is 1050. The van der Waals surface area contributed by atoms with E-state index in [4.69, 9.17) is 9.84 Å². The van der Waals surface area contributed by atoms with Gasteiger partial charge in [-0.25, -0.2) is 4.79 Å². The molecule has 178 valence electrons. The molecule has 0 bridgehead atoms. The Morgan fingerprint density at radius 2 is 1.62 bits per heavy atom. The number of alkyl carbamates (subject to hydrolysis) is 1. The highest BCUT2D eigenvalue weighted by Crippen LogP contribution is 2.44. The van der Waals surface area contributed by atoms with E-state index in [0.29, 0.717) is 13.0 Å². The lowest BCUT2D eigenvalue weighted by Gasteiger charge is -2.29. The zero-order valence-electron chi connectivity index (χ0n) is 19.1. The van der Waals surface area contributed by atoms with Crippen LogP contribution in [-0.2, 0) is 14.3 Å². The number of rotatable bonds is 6. The Kier molecular flexibility index (Phi) is 6.26. The summed E-state index contributed by atoms with van der Waals surface area (Å²) >= 11 is 0. The molecule has 1 heterocycles. The monoisotopic (exact) mass is 462 g/mol. The number of ether oxygens (including phenoxy) is 1. The number of amides is 2. The maximum Gasteiger partial charge on any atom is 0.407 e. The molecule has 0 radical (unpaired) electrons. The SMILES string of the molecule is O=C(O)C[C@@H]1CCCN1C(=O)C1CCCC1NC(=O)OCC1c2ccccc2-c2ccccc21. The number of carbonyl (C=O) groups is 3. The highest BCUT2D eigenvalue weighted by molar-refractivity contribution is 5.82. The van der Waals surface area contributed by atoms with Crippen LogP contribution in [0.25, 0.3) is 11.1 Å². The topological polar surface area (TPSA) is 95.9 Å². The van der Waals surface area contributed by atoms with Gasteiger partial charge in [0.1, 0.15) is 6.61 Å². The molecule has 2 aliphatic carbocycles. The van der Waals surface area contributed by atoms with Crippen LogP contribution >= 0.6 is 0 Å². The summed E-state index contributed by atoms with van der Waals surface area (Å²) in [5, 5.41) is 12.1. The Morgan fingerprint density at radius 3 is 2.29 bits per heavy atom. The zero-order valence-corrected chi connectivity index (χ0v) is 19.1. The number of nitrogens with zero attached hydrogens (tertiary/aromatic N) is 1. The van der Waals surface area contributed by atoms with Crippen molar-refractivity contribution in [2.24, 2.45) is 5.92 Å². The van der Waals surface area contributed by atoms with Crippen molar-refractivity contribution in [1.29, 1.82) is 0 Å². The number of hydrogen-bond donors (Lipinski definition) is 2. The van der Waals surface area contributed by atoms with Crippen molar-refractivity contribution in [3.63, 3.8) is 0 Å². The van der Waals surface area contributed by atoms with Gasteiger partial charge >= 0.3 is 12.1 Å². The summed E-state index contributed by atoms with van der Waals surface area (Å²) in [6.07, 6.45) is 3.28. The van der Waals surface area contributed by atoms with Gasteiger partial charge in [0.2, 0.25) is 5.91 Å². The van der Waals surface area contributed by atoms with Crippen LogP contribution in [0.5, 0.6) is 0 Å². The maximum absolute atomic E-state index is 13.2. The van der Waals surface area contributed by atoms with Gasteiger partial charge in [0.15, 0.2) is 0 Å². The molecule has 7 heteroatoms. The number of nitrogens with one attached hydrogen (secondary N) is 1. The van der Waals surface area contributed by atoms with E-state index in [1.54, 1.807) is 4.90 Å². The minimum Gasteiger partial charge on any atom is -0.481 e. The average molecular weight is 463 g/mol. The Labute approximate surface area is 199 Å². The van der Waals surface area contributed by atoms with E-state index >= 15 is 0 Å². The third kappa shape index (κ3) is 4.27. The van der Waals surface area contributed by atoms with Crippen molar-refractivity contribution < 1.29 is 24.2 Å². The fourth-order valence-corrected chi connectivity index (χ4v) is 5.97. The summed E-state index contributed by atoms with van der Waals surface area (Å²) < 4.78 is 5.68. The number of likely N-dealkylation sites (tertiary alicyclic amines) is 1. The van der Waals surface area contributed by atoms with E-state index in [0.717, 1.165) is 36.8 Å². The molecule has 2 aromatic rings.